The summed E-state index contributed by atoms with van der Waals surface area (Å²) in [6, 6.07) is 2.03. The highest BCUT2D eigenvalue weighted by atomic mass is 32.1. The van der Waals surface area contributed by atoms with Gasteiger partial charge in [0.1, 0.15) is 4.70 Å². The highest BCUT2D eigenvalue weighted by Crippen LogP contribution is 2.19. The number of nitrogens with zero attached hydrogens (tertiary/aromatic N) is 2. The minimum atomic E-state index is 0.0549. The monoisotopic (exact) mass is 262 g/mol. The maximum absolute atomic E-state index is 12.2. The molecule has 0 aromatic carbocycles. The second kappa shape index (κ2) is 4.09. The van der Waals surface area contributed by atoms with Crippen molar-refractivity contribution in [3.8, 4) is 0 Å². The Bertz CT molecular complexity index is 710. The van der Waals surface area contributed by atoms with Crippen LogP contribution in [0.2, 0.25) is 0 Å². The van der Waals surface area contributed by atoms with Gasteiger partial charge in [-0.3, -0.25) is 9.36 Å². The number of hydrogen-bond donors (Lipinski definition) is 0. The predicted molar refractivity (Wildman–Crippen MR) is 72.0 cm³/mol. The second-order valence-corrected chi connectivity index (χ2v) is 5.57. The Hall–Kier alpha value is -1.46. The Morgan fingerprint density at radius 2 is 2.29 bits per heavy atom. The van der Waals surface area contributed by atoms with Gasteiger partial charge < -0.3 is 0 Å². The van der Waals surface area contributed by atoms with Crippen LogP contribution in [0.5, 0.6) is 0 Å². The van der Waals surface area contributed by atoms with Crippen LogP contribution in [0, 0.1) is 6.92 Å². The van der Waals surface area contributed by atoms with Crippen LogP contribution in [0.15, 0.2) is 33.3 Å². The Labute approximate surface area is 106 Å². The van der Waals surface area contributed by atoms with E-state index in [2.05, 4.69) is 10.4 Å². The number of aromatic nitrogens is 2. The van der Waals surface area contributed by atoms with Gasteiger partial charge in [-0.1, -0.05) is 0 Å². The molecule has 0 aliphatic carbocycles. The molecule has 86 valence electrons. The molecular formula is C12H10N2OS2. The Balaban J connectivity index is 2.12. The first-order valence-electron chi connectivity index (χ1n) is 5.20. The predicted octanol–water partition coefficient (Wildman–Crippen LogP) is 2.88. The molecule has 3 heterocycles. The van der Waals surface area contributed by atoms with Crippen LogP contribution in [0.4, 0.5) is 0 Å². The molecule has 3 rings (SSSR count). The Kier molecular flexibility index (Phi) is 2.57. The van der Waals surface area contributed by atoms with Crippen molar-refractivity contribution in [3.05, 3.63) is 50.0 Å². The van der Waals surface area contributed by atoms with Crippen molar-refractivity contribution < 1.29 is 0 Å². The average Bonchev–Trinajstić information content (AvgIpc) is 2.93. The zero-order valence-corrected chi connectivity index (χ0v) is 10.8. The van der Waals surface area contributed by atoms with E-state index < -0.39 is 0 Å². The largest absolute Gasteiger partial charge is 0.293 e. The first-order chi connectivity index (χ1) is 8.25. The fraction of sp³-hybridized carbons (Fsp3) is 0.167. The zero-order chi connectivity index (χ0) is 11.8. The zero-order valence-electron chi connectivity index (χ0n) is 9.21. The van der Waals surface area contributed by atoms with Crippen LogP contribution in [-0.4, -0.2) is 9.55 Å². The molecule has 3 aromatic rings. The second-order valence-electron chi connectivity index (χ2n) is 3.91. The van der Waals surface area contributed by atoms with E-state index in [0.717, 1.165) is 21.3 Å². The van der Waals surface area contributed by atoms with Crippen LogP contribution >= 0.6 is 22.7 Å². The number of rotatable bonds is 2. The van der Waals surface area contributed by atoms with Gasteiger partial charge in [0.15, 0.2) is 0 Å². The van der Waals surface area contributed by atoms with Gasteiger partial charge in [-0.2, -0.15) is 11.3 Å². The normalized spacial score (nSPS) is 11.1. The molecule has 0 bridgehead atoms. The summed E-state index contributed by atoms with van der Waals surface area (Å²) in [6.07, 6.45) is 1.64. The average molecular weight is 262 g/mol. The van der Waals surface area contributed by atoms with Crippen LogP contribution in [-0.2, 0) is 6.54 Å². The molecule has 3 nitrogen and oxygen atoms in total. The third-order valence-electron chi connectivity index (χ3n) is 2.66. The molecule has 0 aliphatic heterocycles. The summed E-state index contributed by atoms with van der Waals surface area (Å²) in [5, 5.41) is 6.05. The van der Waals surface area contributed by atoms with E-state index in [1.165, 1.54) is 11.3 Å². The minimum Gasteiger partial charge on any atom is -0.293 e. The van der Waals surface area contributed by atoms with E-state index in [9.17, 15) is 4.79 Å². The molecular weight excluding hydrogens is 252 g/mol. The summed E-state index contributed by atoms with van der Waals surface area (Å²) >= 11 is 3.11. The molecule has 0 saturated carbocycles. The third-order valence-corrected chi connectivity index (χ3v) is 4.46. The molecule has 0 atom stereocenters. The van der Waals surface area contributed by atoms with Crippen molar-refractivity contribution in [2.75, 3.05) is 0 Å². The van der Waals surface area contributed by atoms with Gasteiger partial charge in [-0.15, -0.1) is 11.3 Å². The topological polar surface area (TPSA) is 34.9 Å². The first-order valence-corrected chi connectivity index (χ1v) is 7.02. The van der Waals surface area contributed by atoms with Crippen molar-refractivity contribution in [2.45, 2.75) is 13.5 Å². The van der Waals surface area contributed by atoms with Crippen LogP contribution in [0.25, 0.3) is 10.2 Å². The van der Waals surface area contributed by atoms with Gasteiger partial charge in [0, 0.05) is 0 Å². The van der Waals surface area contributed by atoms with Gasteiger partial charge in [0.25, 0.3) is 5.56 Å². The van der Waals surface area contributed by atoms with Gasteiger partial charge in [0.2, 0.25) is 0 Å². The van der Waals surface area contributed by atoms with E-state index >= 15 is 0 Å². The van der Waals surface area contributed by atoms with E-state index in [1.54, 1.807) is 22.2 Å². The molecule has 0 unspecified atom stereocenters. The van der Waals surface area contributed by atoms with Gasteiger partial charge in [-0.05, 0) is 40.3 Å². The van der Waals surface area contributed by atoms with Crippen LogP contribution < -0.4 is 5.56 Å². The number of thiophene rings is 2. The quantitative estimate of drug-likeness (QED) is 0.712. The van der Waals surface area contributed by atoms with Crippen molar-refractivity contribution >= 4 is 32.9 Å². The lowest BCUT2D eigenvalue weighted by atomic mass is 10.3. The van der Waals surface area contributed by atoms with Crippen LogP contribution in [0.1, 0.15) is 11.1 Å². The molecule has 0 N–H and O–H groups in total. The van der Waals surface area contributed by atoms with Crippen molar-refractivity contribution in [2.24, 2.45) is 0 Å². The van der Waals surface area contributed by atoms with Gasteiger partial charge in [-0.25, -0.2) is 4.98 Å². The maximum Gasteiger partial charge on any atom is 0.271 e. The lowest BCUT2D eigenvalue weighted by molar-refractivity contribution is 0.752. The van der Waals surface area contributed by atoms with Crippen molar-refractivity contribution in [1.29, 1.82) is 0 Å². The molecule has 0 aliphatic rings. The van der Waals surface area contributed by atoms with E-state index in [1.807, 2.05) is 23.8 Å². The molecule has 17 heavy (non-hydrogen) atoms. The summed E-state index contributed by atoms with van der Waals surface area (Å²) < 4.78 is 2.42. The van der Waals surface area contributed by atoms with Crippen molar-refractivity contribution in [1.82, 2.24) is 9.55 Å². The van der Waals surface area contributed by atoms with E-state index in [0.29, 0.717) is 6.54 Å². The van der Waals surface area contributed by atoms with Gasteiger partial charge >= 0.3 is 0 Å². The summed E-state index contributed by atoms with van der Waals surface area (Å²) in [6.45, 7) is 2.58. The Morgan fingerprint density at radius 1 is 1.41 bits per heavy atom. The molecule has 0 spiro atoms. The summed E-state index contributed by atoms with van der Waals surface area (Å²) in [4.78, 5) is 16.6. The molecule has 5 heteroatoms. The Morgan fingerprint density at radius 3 is 3.06 bits per heavy atom. The van der Waals surface area contributed by atoms with E-state index in [4.69, 9.17) is 0 Å². The fourth-order valence-corrected chi connectivity index (χ4v) is 3.36. The van der Waals surface area contributed by atoms with E-state index in [-0.39, 0.29) is 5.56 Å². The lowest BCUT2D eigenvalue weighted by Gasteiger charge is -2.03. The highest BCUT2D eigenvalue weighted by molar-refractivity contribution is 7.17. The minimum absolute atomic E-state index is 0.0549. The fourth-order valence-electron chi connectivity index (χ4n) is 1.75. The first kappa shape index (κ1) is 10.7. The third kappa shape index (κ3) is 1.81. The SMILES string of the molecule is Cc1csc2c(=O)n(Cc3ccsc3)cnc12. The molecule has 0 saturated heterocycles. The number of fused-ring (bicyclic) bond motifs is 1. The maximum atomic E-state index is 12.2. The standard InChI is InChI=1S/C12H10N2OS2/c1-8-5-17-11-10(8)13-7-14(12(11)15)4-9-2-3-16-6-9/h2-3,5-7H,4H2,1H3. The number of hydrogen-bond acceptors (Lipinski definition) is 4. The van der Waals surface area contributed by atoms with Crippen LogP contribution in [0.3, 0.4) is 0 Å². The molecule has 3 aromatic heterocycles. The molecule has 0 fully saturated rings. The molecule has 0 radical (unpaired) electrons. The highest BCUT2D eigenvalue weighted by Gasteiger charge is 2.08. The smallest absolute Gasteiger partial charge is 0.271 e. The summed E-state index contributed by atoms with van der Waals surface area (Å²) in [7, 11) is 0. The number of aryl methyl sites for hydroxylation is 1. The summed E-state index contributed by atoms with van der Waals surface area (Å²) in [5.41, 5.74) is 3.11. The van der Waals surface area contributed by atoms with Gasteiger partial charge in [0.05, 0.1) is 18.4 Å². The van der Waals surface area contributed by atoms with Crippen molar-refractivity contribution in [3.63, 3.8) is 0 Å². The molecule has 0 amide bonds. The summed E-state index contributed by atoms with van der Waals surface area (Å²) in [5.74, 6) is 0. The lowest BCUT2D eigenvalue weighted by Crippen LogP contribution is -2.20.